The molecular formula is C16H19FN4O3S. The van der Waals surface area contributed by atoms with E-state index in [-0.39, 0.29) is 11.4 Å². The molecule has 0 spiro atoms. The molecule has 1 saturated heterocycles. The first-order valence-corrected chi connectivity index (χ1v) is 9.35. The fourth-order valence-corrected chi connectivity index (χ4v) is 3.48. The normalized spacial score (nSPS) is 15.4. The van der Waals surface area contributed by atoms with E-state index in [0.29, 0.717) is 19.0 Å². The van der Waals surface area contributed by atoms with E-state index in [9.17, 15) is 12.8 Å². The molecule has 25 heavy (non-hydrogen) atoms. The molecule has 0 saturated carbocycles. The highest BCUT2D eigenvalue weighted by Crippen LogP contribution is 2.15. The summed E-state index contributed by atoms with van der Waals surface area (Å²) in [6.07, 6.45) is 0. The molecule has 7 nitrogen and oxygen atoms in total. The monoisotopic (exact) mass is 366 g/mol. The van der Waals surface area contributed by atoms with Gasteiger partial charge >= 0.3 is 0 Å². The molecular weight excluding hydrogens is 347 g/mol. The fraction of sp³-hybridized carbons (Fsp3) is 0.375. The van der Waals surface area contributed by atoms with Gasteiger partial charge in [0.1, 0.15) is 17.5 Å². The van der Waals surface area contributed by atoms with Crippen LogP contribution in [0.25, 0.3) is 0 Å². The van der Waals surface area contributed by atoms with Gasteiger partial charge in [0.2, 0.25) is 10.0 Å². The minimum Gasteiger partial charge on any atom is -0.378 e. The van der Waals surface area contributed by atoms with Crippen LogP contribution < -0.4 is 9.62 Å². The van der Waals surface area contributed by atoms with Gasteiger partial charge in [0.15, 0.2) is 0 Å². The third kappa shape index (κ3) is 4.50. The van der Waals surface area contributed by atoms with E-state index in [1.165, 1.54) is 12.1 Å². The molecule has 1 N–H and O–H groups in total. The molecule has 0 aliphatic carbocycles. The number of nitrogens with zero attached hydrogens (tertiary/aromatic N) is 3. The average molecular weight is 366 g/mol. The van der Waals surface area contributed by atoms with E-state index < -0.39 is 15.8 Å². The van der Waals surface area contributed by atoms with Crippen molar-refractivity contribution in [3.63, 3.8) is 0 Å². The lowest BCUT2D eigenvalue weighted by Crippen LogP contribution is -2.37. The first-order chi connectivity index (χ1) is 11.9. The van der Waals surface area contributed by atoms with Gasteiger partial charge in [0.05, 0.1) is 24.7 Å². The standard InChI is InChI=1S/C16H19FN4O3S/c1-12-10-16(21-6-8-24-9-7-21)20-15(19-12)11-18-25(22,23)14-4-2-13(17)3-5-14/h2-5,10,18H,6-9,11H2,1H3. The number of morpholine rings is 1. The minimum absolute atomic E-state index is 0.00467. The van der Waals surface area contributed by atoms with Crippen LogP contribution in [0.15, 0.2) is 35.2 Å². The van der Waals surface area contributed by atoms with Crippen molar-refractivity contribution in [2.45, 2.75) is 18.4 Å². The molecule has 2 aromatic rings. The van der Waals surface area contributed by atoms with Crippen LogP contribution in [0.4, 0.5) is 10.2 Å². The van der Waals surface area contributed by atoms with E-state index >= 15 is 0 Å². The topological polar surface area (TPSA) is 84.4 Å². The summed E-state index contributed by atoms with van der Waals surface area (Å²) in [6.45, 7) is 4.53. The summed E-state index contributed by atoms with van der Waals surface area (Å²) in [5.41, 5.74) is 0.757. The minimum atomic E-state index is -3.76. The molecule has 2 heterocycles. The van der Waals surface area contributed by atoms with Crippen molar-refractivity contribution >= 4 is 15.8 Å². The van der Waals surface area contributed by atoms with Crippen LogP contribution >= 0.6 is 0 Å². The Bertz CT molecular complexity index is 837. The van der Waals surface area contributed by atoms with Gasteiger partial charge in [-0.2, -0.15) is 0 Å². The maximum Gasteiger partial charge on any atom is 0.240 e. The van der Waals surface area contributed by atoms with E-state index in [1.54, 1.807) is 0 Å². The Hall–Kier alpha value is -2.10. The SMILES string of the molecule is Cc1cc(N2CCOCC2)nc(CNS(=O)(=O)c2ccc(F)cc2)n1. The Labute approximate surface area is 145 Å². The quantitative estimate of drug-likeness (QED) is 0.857. The van der Waals surface area contributed by atoms with Gasteiger partial charge in [-0.15, -0.1) is 0 Å². The largest absolute Gasteiger partial charge is 0.378 e. The lowest BCUT2D eigenvalue weighted by molar-refractivity contribution is 0.122. The molecule has 1 aliphatic rings. The van der Waals surface area contributed by atoms with Crippen molar-refractivity contribution in [2.75, 3.05) is 31.2 Å². The highest BCUT2D eigenvalue weighted by Gasteiger charge is 2.17. The second-order valence-electron chi connectivity index (χ2n) is 5.66. The van der Waals surface area contributed by atoms with Crippen LogP contribution in [0.2, 0.25) is 0 Å². The Balaban J connectivity index is 1.74. The molecule has 9 heteroatoms. The van der Waals surface area contributed by atoms with Gasteiger partial charge in [-0.05, 0) is 31.2 Å². The number of aromatic nitrogens is 2. The predicted molar refractivity (Wildman–Crippen MR) is 90.2 cm³/mol. The van der Waals surface area contributed by atoms with Gasteiger partial charge in [0, 0.05) is 24.8 Å². The summed E-state index contributed by atoms with van der Waals surface area (Å²) in [5.74, 6) is 0.648. The summed E-state index contributed by atoms with van der Waals surface area (Å²) < 4.78 is 45.3. The van der Waals surface area contributed by atoms with Crippen LogP contribution in [-0.4, -0.2) is 44.7 Å². The number of halogens is 1. The molecule has 1 aliphatic heterocycles. The average Bonchev–Trinajstić information content (AvgIpc) is 2.61. The van der Waals surface area contributed by atoms with Crippen LogP contribution in [0.1, 0.15) is 11.5 Å². The Kier molecular flexibility index (Phi) is 5.26. The van der Waals surface area contributed by atoms with Gasteiger partial charge in [-0.1, -0.05) is 0 Å². The smallest absolute Gasteiger partial charge is 0.240 e. The van der Waals surface area contributed by atoms with Gasteiger partial charge in [0.25, 0.3) is 0 Å². The second kappa shape index (κ2) is 7.42. The summed E-state index contributed by atoms with van der Waals surface area (Å²) >= 11 is 0. The summed E-state index contributed by atoms with van der Waals surface area (Å²) in [4.78, 5) is 10.8. The zero-order chi connectivity index (χ0) is 17.9. The Morgan fingerprint density at radius 3 is 2.56 bits per heavy atom. The molecule has 0 unspecified atom stereocenters. The molecule has 1 aromatic carbocycles. The van der Waals surface area contributed by atoms with E-state index in [1.807, 2.05) is 13.0 Å². The Morgan fingerprint density at radius 2 is 1.88 bits per heavy atom. The molecule has 3 rings (SSSR count). The number of ether oxygens (including phenoxy) is 1. The molecule has 0 atom stereocenters. The zero-order valence-corrected chi connectivity index (χ0v) is 14.6. The van der Waals surface area contributed by atoms with Crippen molar-refractivity contribution in [3.8, 4) is 0 Å². The third-order valence-corrected chi connectivity index (χ3v) is 5.18. The number of rotatable bonds is 5. The van der Waals surface area contributed by atoms with Crippen molar-refractivity contribution in [1.82, 2.24) is 14.7 Å². The molecule has 1 aromatic heterocycles. The molecule has 0 bridgehead atoms. The summed E-state index contributed by atoms with van der Waals surface area (Å²) in [6, 6.07) is 6.51. The van der Waals surface area contributed by atoms with E-state index in [0.717, 1.165) is 36.7 Å². The van der Waals surface area contributed by atoms with Gasteiger partial charge < -0.3 is 9.64 Å². The lowest BCUT2D eigenvalue weighted by atomic mass is 10.3. The van der Waals surface area contributed by atoms with Gasteiger partial charge in [-0.25, -0.2) is 27.5 Å². The Morgan fingerprint density at radius 1 is 1.20 bits per heavy atom. The first-order valence-electron chi connectivity index (χ1n) is 7.86. The maximum absolute atomic E-state index is 12.9. The summed E-state index contributed by atoms with van der Waals surface area (Å²) in [5, 5.41) is 0. The number of anilines is 1. The zero-order valence-electron chi connectivity index (χ0n) is 13.8. The third-order valence-electron chi connectivity index (χ3n) is 3.77. The lowest BCUT2D eigenvalue weighted by Gasteiger charge is -2.28. The molecule has 0 amide bonds. The van der Waals surface area contributed by atoms with Crippen LogP contribution in [0, 0.1) is 12.7 Å². The highest BCUT2D eigenvalue weighted by molar-refractivity contribution is 7.89. The van der Waals surface area contributed by atoms with Crippen molar-refractivity contribution in [2.24, 2.45) is 0 Å². The van der Waals surface area contributed by atoms with E-state index in [4.69, 9.17) is 4.74 Å². The van der Waals surface area contributed by atoms with Crippen LogP contribution in [-0.2, 0) is 21.3 Å². The molecule has 0 radical (unpaired) electrons. The number of aryl methyl sites for hydroxylation is 1. The maximum atomic E-state index is 12.9. The van der Waals surface area contributed by atoms with Crippen molar-refractivity contribution in [1.29, 1.82) is 0 Å². The number of hydrogen-bond acceptors (Lipinski definition) is 6. The molecule has 134 valence electrons. The number of sulfonamides is 1. The van der Waals surface area contributed by atoms with Crippen LogP contribution in [0.5, 0.6) is 0 Å². The first kappa shape index (κ1) is 17.7. The highest BCUT2D eigenvalue weighted by atomic mass is 32.2. The van der Waals surface area contributed by atoms with Crippen molar-refractivity contribution in [3.05, 3.63) is 47.7 Å². The second-order valence-corrected chi connectivity index (χ2v) is 7.43. The number of benzene rings is 1. The van der Waals surface area contributed by atoms with Crippen LogP contribution in [0.3, 0.4) is 0 Å². The molecule has 1 fully saturated rings. The number of nitrogens with one attached hydrogen (secondary N) is 1. The summed E-state index contributed by atoms with van der Waals surface area (Å²) in [7, 11) is -3.76. The number of hydrogen-bond donors (Lipinski definition) is 1. The van der Waals surface area contributed by atoms with Crippen molar-refractivity contribution < 1.29 is 17.5 Å². The fourth-order valence-electron chi connectivity index (χ4n) is 2.50. The predicted octanol–water partition coefficient (Wildman–Crippen LogP) is 1.24. The van der Waals surface area contributed by atoms with Gasteiger partial charge in [-0.3, -0.25) is 0 Å². The van der Waals surface area contributed by atoms with E-state index in [2.05, 4.69) is 19.6 Å².